The van der Waals surface area contributed by atoms with Crippen molar-refractivity contribution in [3.63, 3.8) is 0 Å². The summed E-state index contributed by atoms with van der Waals surface area (Å²) in [5.41, 5.74) is 8.14. The van der Waals surface area contributed by atoms with E-state index >= 15 is 0 Å². The van der Waals surface area contributed by atoms with Crippen molar-refractivity contribution in [2.24, 2.45) is 5.73 Å². The first-order chi connectivity index (χ1) is 9.04. The molecule has 0 bridgehead atoms. The summed E-state index contributed by atoms with van der Waals surface area (Å²) in [6, 6.07) is 8.81. The summed E-state index contributed by atoms with van der Waals surface area (Å²) >= 11 is 0. The van der Waals surface area contributed by atoms with Gasteiger partial charge in [0.25, 0.3) is 0 Å². The molecule has 2 unspecified atom stereocenters. The number of hydrogen-bond donors (Lipinski definition) is 1. The Morgan fingerprint density at radius 2 is 1.95 bits per heavy atom. The van der Waals surface area contributed by atoms with Crippen LogP contribution in [-0.4, -0.2) is 37.5 Å². The number of amides is 1. The number of anilines is 1. The normalized spacial score (nSPS) is 22.6. The predicted octanol–water partition coefficient (Wildman–Crippen LogP) is 1.76. The second kappa shape index (κ2) is 5.61. The van der Waals surface area contributed by atoms with E-state index in [1.807, 2.05) is 19.0 Å². The van der Waals surface area contributed by atoms with Crippen molar-refractivity contribution in [3.05, 3.63) is 29.8 Å². The van der Waals surface area contributed by atoms with Crippen molar-refractivity contribution in [2.75, 3.05) is 25.5 Å². The largest absolute Gasteiger partial charge is 0.378 e. The molecule has 2 N–H and O–H groups in total. The maximum Gasteiger partial charge on any atom is 0.220 e. The summed E-state index contributed by atoms with van der Waals surface area (Å²) in [5, 5.41) is 0. The Morgan fingerprint density at radius 1 is 1.32 bits per heavy atom. The maximum absolute atomic E-state index is 11.8. The van der Waals surface area contributed by atoms with Crippen molar-refractivity contribution in [3.8, 4) is 0 Å². The average Bonchev–Trinajstić information content (AvgIpc) is 2.82. The molecule has 2 atom stereocenters. The molecule has 1 amide bonds. The highest BCUT2D eigenvalue weighted by molar-refractivity contribution is 5.74. The van der Waals surface area contributed by atoms with Crippen LogP contribution in [0.3, 0.4) is 0 Å². The lowest BCUT2D eigenvalue weighted by Gasteiger charge is -2.29. The van der Waals surface area contributed by atoms with Gasteiger partial charge in [-0.1, -0.05) is 12.1 Å². The van der Waals surface area contributed by atoms with Gasteiger partial charge in [0.2, 0.25) is 5.91 Å². The van der Waals surface area contributed by atoms with Crippen LogP contribution in [0.1, 0.15) is 31.4 Å². The van der Waals surface area contributed by atoms with E-state index in [9.17, 15) is 4.79 Å². The molecule has 1 aromatic carbocycles. The fourth-order valence-corrected chi connectivity index (χ4v) is 2.91. The van der Waals surface area contributed by atoms with E-state index in [1.165, 1.54) is 11.3 Å². The lowest BCUT2D eigenvalue weighted by molar-refractivity contribution is -0.131. The first-order valence-corrected chi connectivity index (χ1v) is 6.81. The third-order valence-corrected chi connectivity index (χ3v) is 3.93. The first-order valence-electron chi connectivity index (χ1n) is 6.81. The van der Waals surface area contributed by atoms with Gasteiger partial charge in [0.1, 0.15) is 0 Å². The highest BCUT2D eigenvalue weighted by Crippen LogP contribution is 2.36. The number of carbonyl (C=O) groups excluding carboxylic acids is 1. The van der Waals surface area contributed by atoms with E-state index < -0.39 is 0 Å². The number of likely N-dealkylation sites (tertiary alicyclic amines) is 1. The fraction of sp³-hybridized carbons (Fsp3) is 0.533. The van der Waals surface area contributed by atoms with Crippen molar-refractivity contribution >= 4 is 11.6 Å². The van der Waals surface area contributed by atoms with Gasteiger partial charge in [-0.2, -0.15) is 0 Å². The van der Waals surface area contributed by atoms with Gasteiger partial charge in [0, 0.05) is 39.3 Å². The predicted molar refractivity (Wildman–Crippen MR) is 78.1 cm³/mol. The zero-order valence-electron chi connectivity index (χ0n) is 12.0. The number of benzene rings is 1. The van der Waals surface area contributed by atoms with Crippen molar-refractivity contribution in [1.29, 1.82) is 0 Å². The Balaban J connectivity index is 2.23. The molecule has 1 saturated heterocycles. The Hall–Kier alpha value is -1.55. The summed E-state index contributed by atoms with van der Waals surface area (Å²) < 4.78 is 0. The molecule has 19 heavy (non-hydrogen) atoms. The summed E-state index contributed by atoms with van der Waals surface area (Å²) in [4.78, 5) is 15.9. The summed E-state index contributed by atoms with van der Waals surface area (Å²) in [7, 11) is 4.05. The maximum atomic E-state index is 11.8. The van der Waals surface area contributed by atoms with Gasteiger partial charge in [0.15, 0.2) is 0 Å². The molecule has 0 saturated carbocycles. The van der Waals surface area contributed by atoms with E-state index in [2.05, 4.69) is 29.2 Å². The molecule has 2 rings (SSSR count). The molecule has 4 heteroatoms. The number of nitrogens with zero attached hydrogens (tertiary/aromatic N) is 2. The highest BCUT2D eigenvalue weighted by Gasteiger charge is 2.35. The van der Waals surface area contributed by atoms with Crippen LogP contribution in [-0.2, 0) is 4.79 Å². The Morgan fingerprint density at radius 3 is 2.42 bits per heavy atom. The van der Waals surface area contributed by atoms with E-state index in [0.717, 1.165) is 12.8 Å². The van der Waals surface area contributed by atoms with Crippen LogP contribution in [0.4, 0.5) is 5.69 Å². The minimum absolute atomic E-state index is 0.120. The topological polar surface area (TPSA) is 49.6 Å². The van der Waals surface area contributed by atoms with Gasteiger partial charge in [-0.25, -0.2) is 0 Å². The standard InChI is InChI=1S/C15H23N3O/c1-11(19)18-14(10-16)8-9-15(18)12-4-6-13(7-5-12)17(2)3/h4-7,14-15H,8-10,16H2,1-3H3. The van der Waals surface area contributed by atoms with E-state index in [1.54, 1.807) is 6.92 Å². The monoisotopic (exact) mass is 261 g/mol. The van der Waals surface area contributed by atoms with Crippen LogP contribution in [0.2, 0.25) is 0 Å². The number of rotatable bonds is 3. The number of nitrogens with two attached hydrogens (primary N) is 1. The smallest absolute Gasteiger partial charge is 0.220 e. The highest BCUT2D eigenvalue weighted by atomic mass is 16.2. The van der Waals surface area contributed by atoms with Gasteiger partial charge in [-0.3, -0.25) is 4.79 Å². The lowest BCUT2D eigenvalue weighted by Crippen LogP contribution is -2.40. The third-order valence-electron chi connectivity index (χ3n) is 3.93. The molecule has 104 valence electrons. The Bertz CT molecular complexity index is 441. The molecule has 1 aliphatic heterocycles. The van der Waals surface area contributed by atoms with Crippen molar-refractivity contribution in [2.45, 2.75) is 31.8 Å². The molecule has 1 aliphatic rings. The van der Waals surface area contributed by atoms with Crippen LogP contribution in [0.15, 0.2) is 24.3 Å². The number of hydrogen-bond acceptors (Lipinski definition) is 3. The van der Waals surface area contributed by atoms with E-state index in [-0.39, 0.29) is 18.0 Å². The quantitative estimate of drug-likeness (QED) is 0.902. The van der Waals surface area contributed by atoms with Crippen LogP contribution < -0.4 is 10.6 Å². The van der Waals surface area contributed by atoms with Gasteiger partial charge < -0.3 is 15.5 Å². The van der Waals surface area contributed by atoms with Gasteiger partial charge >= 0.3 is 0 Å². The van der Waals surface area contributed by atoms with Crippen LogP contribution in [0.5, 0.6) is 0 Å². The zero-order valence-corrected chi connectivity index (χ0v) is 12.0. The third kappa shape index (κ3) is 2.73. The molecular formula is C15H23N3O. The summed E-state index contributed by atoms with van der Waals surface area (Å²) in [6.07, 6.45) is 2.00. The molecule has 1 fully saturated rings. The molecule has 0 radical (unpaired) electrons. The van der Waals surface area contributed by atoms with Gasteiger partial charge in [-0.15, -0.1) is 0 Å². The molecule has 4 nitrogen and oxygen atoms in total. The van der Waals surface area contributed by atoms with Crippen molar-refractivity contribution < 1.29 is 4.79 Å². The molecular weight excluding hydrogens is 238 g/mol. The summed E-state index contributed by atoms with van der Waals surface area (Å²) in [5.74, 6) is 0.120. The minimum Gasteiger partial charge on any atom is -0.378 e. The Kier molecular flexibility index (Phi) is 4.10. The first kappa shape index (κ1) is 13.9. The molecule has 0 aliphatic carbocycles. The van der Waals surface area contributed by atoms with Crippen LogP contribution in [0, 0.1) is 0 Å². The van der Waals surface area contributed by atoms with Crippen LogP contribution >= 0.6 is 0 Å². The molecule has 0 aromatic heterocycles. The second-order valence-electron chi connectivity index (χ2n) is 5.39. The van der Waals surface area contributed by atoms with Gasteiger partial charge in [0.05, 0.1) is 6.04 Å². The average molecular weight is 261 g/mol. The number of carbonyl (C=O) groups is 1. The summed E-state index contributed by atoms with van der Waals surface area (Å²) in [6.45, 7) is 2.18. The SMILES string of the molecule is CC(=O)N1C(CN)CCC1c1ccc(N(C)C)cc1. The Labute approximate surface area is 115 Å². The van der Waals surface area contributed by atoms with E-state index in [0.29, 0.717) is 6.54 Å². The lowest BCUT2D eigenvalue weighted by atomic mass is 10.0. The second-order valence-corrected chi connectivity index (χ2v) is 5.39. The molecule has 0 spiro atoms. The van der Waals surface area contributed by atoms with E-state index in [4.69, 9.17) is 5.73 Å². The molecule has 1 heterocycles. The zero-order chi connectivity index (χ0) is 14.0. The van der Waals surface area contributed by atoms with Crippen LogP contribution in [0.25, 0.3) is 0 Å². The minimum atomic E-state index is 0.120. The molecule has 1 aromatic rings. The van der Waals surface area contributed by atoms with Gasteiger partial charge in [-0.05, 0) is 30.5 Å². The fourth-order valence-electron chi connectivity index (χ4n) is 2.91. The van der Waals surface area contributed by atoms with Crippen molar-refractivity contribution in [1.82, 2.24) is 4.90 Å².